The van der Waals surface area contributed by atoms with Gasteiger partial charge in [0, 0.05) is 0 Å². The van der Waals surface area contributed by atoms with Crippen molar-refractivity contribution in [1.29, 1.82) is 0 Å². The van der Waals surface area contributed by atoms with Gasteiger partial charge in [0.05, 0.1) is 4.53 Å². The molecule has 3 nitrogen and oxygen atoms in total. The van der Waals surface area contributed by atoms with Crippen molar-refractivity contribution in [2.45, 2.75) is 85.4 Å². The average Bonchev–Trinajstić information content (AvgIpc) is 2.25. The molecule has 0 radical (unpaired) electrons. The minimum Gasteiger partial charge on any atom is -0.282 e. The van der Waals surface area contributed by atoms with Crippen molar-refractivity contribution in [3.05, 3.63) is 10.6 Å². The predicted molar refractivity (Wildman–Crippen MR) is 99.3 cm³/mol. The van der Waals surface area contributed by atoms with Crippen LogP contribution in [0.4, 0.5) is 0 Å². The summed E-state index contributed by atoms with van der Waals surface area (Å²) in [7, 11) is -6.55. The van der Waals surface area contributed by atoms with Gasteiger partial charge in [-0.05, 0) is 35.9 Å². The normalized spacial score (nSPS) is 15.0. The number of hydrogen-bond acceptors (Lipinski definition) is 2. The molecule has 0 fully saturated rings. The highest BCUT2D eigenvalue weighted by atomic mass is 32.2. The standard InChI is InChI=1S/C17H36O3SSi/c1-9-11-17(7,8)22(12-14(3)4,13-15(5)6)16(10-2)21(18,19)20/h10,14-15H,9,11-13H2,1-8H3,(H,18,19,20)/b16-10+. The van der Waals surface area contributed by atoms with Gasteiger partial charge in [-0.25, -0.2) is 0 Å². The van der Waals surface area contributed by atoms with Crippen molar-refractivity contribution in [2.75, 3.05) is 0 Å². The first kappa shape index (κ1) is 21.9. The quantitative estimate of drug-likeness (QED) is 0.432. The van der Waals surface area contributed by atoms with E-state index in [0.717, 1.165) is 24.9 Å². The summed E-state index contributed by atoms with van der Waals surface area (Å²) in [6.07, 6.45) is 3.69. The zero-order valence-corrected chi connectivity index (χ0v) is 17.5. The van der Waals surface area contributed by atoms with Crippen LogP contribution >= 0.6 is 0 Å². The Bertz CT molecular complexity index is 466. The molecule has 132 valence electrons. The van der Waals surface area contributed by atoms with Crippen LogP contribution in [0.5, 0.6) is 0 Å². The molecule has 0 rings (SSSR count). The molecule has 0 spiro atoms. The molecule has 5 heteroatoms. The van der Waals surface area contributed by atoms with Gasteiger partial charge in [0.25, 0.3) is 10.1 Å². The van der Waals surface area contributed by atoms with E-state index in [4.69, 9.17) is 0 Å². The van der Waals surface area contributed by atoms with E-state index in [0.29, 0.717) is 16.4 Å². The van der Waals surface area contributed by atoms with E-state index in [1.165, 1.54) is 0 Å². The predicted octanol–water partition coefficient (Wildman–Crippen LogP) is 5.66. The van der Waals surface area contributed by atoms with Crippen LogP contribution in [-0.2, 0) is 10.1 Å². The summed E-state index contributed by atoms with van der Waals surface area (Å²) < 4.78 is 34.5. The first-order chi connectivity index (χ1) is 9.84. The first-order valence-corrected chi connectivity index (χ1v) is 12.3. The summed E-state index contributed by atoms with van der Waals surface area (Å²) in [6.45, 7) is 16.9. The van der Waals surface area contributed by atoms with E-state index in [1.807, 2.05) is 0 Å². The fraction of sp³-hybridized carbons (Fsp3) is 0.882. The summed E-state index contributed by atoms with van der Waals surface area (Å²) in [6, 6.07) is 1.80. The van der Waals surface area contributed by atoms with Crippen LogP contribution in [-0.4, -0.2) is 21.0 Å². The maximum atomic E-state index is 12.1. The van der Waals surface area contributed by atoms with Crippen LogP contribution in [0.2, 0.25) is 17.1 Å². The molecule has 0 saturated carbocycles. The van der Waals surface area contributed by atoms with Gasteiger partial charge >= 0.3 is 0 Å². The third-order valence-electron chi connectivity index (χ3n) is 4.70. The van der Waals surface area contributed by atoms with Crippen molar-refractivity contribution in [2.24, 2.45) is 11.8 Å². The molecule has 0 unspecified atom stereocenters. The Labute approximate surface area is 139 Å². The fourth-order valence-corrected chi connectivity index (χ4v) is 14.1. The first-order valence-electron chi connectivity index (χ1n) is 8.48. The molecular weight excluding hydrogens is 312 g/mol. The van der Waals surface area contributed by atoms with Crippen molar-refractivity contribution < 1.29 is 13.0 Å². The van der Waals surface area contributed by atoms with Crippen molar-refractivity contribution in [3.63, 3.8) is 0 Å². The van der Waals surface area contributed by atoms with Gasteiger partial charge in [-0.1, -0.05) is 67.4 Å². The lowest BCUT2D eigenvalue weighted by atomic mass is 10.1. The highest BCUT2D eigenvalue weighted by Gasteiger charge is 2.52. The molecule has 0 bridgehead atoms. The third kappa shape index (κ3) is 5.20. The van der Waals surface area contributed by atoms with E-state index < -0.39 is 18.2 Å². The summed E-state index contributed by atoms with van der Waals surface area (Å²) in [5.74, 6) is 0.830. The lowest BCUT2D eigenvalue weighted by molar-refractivity contribution is 0.489. The number of allylic oxidation sites excluding steroid dienone is 1. The Balaban J connectivity index is 6.43. The van der Waals surface area contributed by atoms with E-state index in [2.05, 4.69) is 48.5 Å². The van der Waals surface area contributed by atoms with Crippen LogP contribution in [0.1, 0.15) is 68.2 Å². The minimum absolute atomic E-state index is 0.0616. The van der Waals surface area contributed by atoms with Gasteiger partial charge in [0.1, 0.15) is 8.07 Å². The smallest absolute Gasteiger partial charge is 0.282 e. The molecule has 1 N–H and O–H groups in total. The summed E-state index contributed by atoms with van der Waals surface area (Å²) >= 11 is 0. The Morgan fingerprint density at radius 3 is 1.77 bits per heavy atom. The molecule has 0 atom stereocenters. The molecule has 0 heterocycles. The maximum absolute atomic E-state index is 12.1. The Morgan fingerprint density at radius 2 is 1.55 bits per heavy atom. The van der Waals surface area contributed by atoms with E-state index in [-0.39, 0.29) is 5.04 Å². The van der Waals surface area contributed by atoms with E-state index in [9.17, 15) is 13.0 Å². The lowest BCUT2D eigenvalue weighted by Gasteiger charge is -2.48. The average molecular weight is 349 g/mol. The van der Waals surface area contributed by atoms with Crippen molar-refractivity contribution in [1.82, 2.24) is 0 Å². The maximum Gasteiger partial charge on any atom is 0.286 e. The van der Waals surface area contributed by atoms with Crippen LogP contribution in [0.25, 0.3) is 0 Å². The van der Waals surface area contributed by atoms with Gasteiger partial charge in [0.15, 0.2) is 0 Å². The molecule has 0 aliphatic carbocycles. The van der Waals surface area contributed by atoms with Gasteiger partial charge in [-0.2, -0.15) is 8.42 Å². The molecule has 0 aliphatic rings. The monoisotopic (exact) mass is 348 g/mol. The highest BCUT2D eigenvalue weighted by Crippen LogP contribution is 2.53. The number of rotatable bonds is 9. The zero-order chi connectivity index (χ0) is 17.8. The Hall–Kier alpha value is -0.133. The summed E-state index contributed by atoms with van der Waals surface area (Å²) in [5, 5.41) is -0.0616. The topological polar surface area (TPSA) is 54.4 Å². The second-order valence-electron chi connectivity index (χ2n) is 8.04. The fourth-order valence-electron chi connectivity index (χ4n) is 4.10. The van der Waals surface area contributed by atoms with E-state index in [1.54, 1.807) is 13.0 Å². The van der Waals surface area contributed by atoms with Gasteiger partial charge < -0.3 is 0 Å². The van der Waals surface area contributed by atoms with Crippen LogP contribution in [0, 0.1) is 11.8 Å². The Morgan fingerprint density at radius 1 is 1.14 bits per heavy atom. The largest absolute Gasteiger partial charge is 0.286 e. The van der Waals surface area contributed by atoms with Gasteiger partial charge in [-0.3, -0.25) is 4.55 Å². The number of hydrogen-bond donors (Lipinski definition) is 1. The second kappa shape index (κ2) is 8.11. The summed E-state index contributed by atoms with van der Waals surface area (Å²) in [4.78, 5) is 0. The zero-order valence-electron chi connectivity index (χ0n) is 15.7. The third-order valence-corrected chi connectivity index (χ3v) is 14.5. The molecule has 0 saturated heterocycles. The lowest BCUT2D eigenvalue weighted by Crippen LogP contribution is -2.51. The van der Waals surface area contributed by atoms with Crippen LogP contribution in [0.15, 0.2) is 10.6 Å². The van der Waals surface area contributed by atoms with Crippen molar-refractivity contribution >= 4 is 18.2 Å². The Kier molecular flexibility index (Phi) is 8.06. The molecule has 0 aliphatic heterocycles. The molecular formula is C17H36O3SSi. The van der Waals surface area contributed by atoms with Crippen LogP contribution in [0.3, 0.4) is 0 Å². The second-order valence-corrected chi connectivity index (χ2v) is 14.7. The molecule has 0 aromatic rings. The molecule has 0 amide bonds. The van der Waals surface area contributed by atoms with Crippen LogP contribution < -0.4 is 0 Å². The SMILES string of the molecule is C/C=C(/[Si](CC(C)C)(CC(C)C)C(C)(C)CCC)S(=O)(=O)O. The van der Waals surface area contributed by atoms with E-state index >= 15 is 0 Å². The van der Waals surface area contributed by atoms with Gasteiger partial charge in [0.2, 0.25) is 0 Å². The molecule has 22 heavy (non-hydrogen) atoms. The summed E-state index contributed by atoms with van der Waals surface area (Å²) in [5.41, 5.74) is 0. The molecule has 0 aromatic carbocycles. The molecule has 0 aromatic heterocycles. The van der Waals surface area contributed by atoms with Crippen molar-refractivity contribution in [3.8, 4) is 0 Å². The minimum atomic E-state index is -4.14. The highest BCUT2D eigenvalue weighted by molar-refractivity contribution is 7.92. The van der Waals surface area contributed by atoms with Gasteiger partial charge in [-0.15, -0.1) is 0 Å².